The van der Waals surface area contributed by atoms with Crippen molar-refractivity contribution in [3.05, 3.63) is 35.9 Å². The molecule has 0 heterocycles. The van der Waals surface area contributed by atoms with Crippen LogP contribution in [0, 0.1) is 0 Å². The molecule has 1 aromatic rings. The summed E-state index contributed by atoms with van der Waals surface area (Å²) >= 11 is 0. The monoisotopic (exact) mass is 260 g/mol. The highest BCUT2D eigenvalue weighted by Crippen LogP contribution is 2.27. The van der Waals surface area contributed by atoms with E-state index in [9.17, 15) is 4.79 Å². The van der Waals surface area contributed by atoms with Crippen molar-refractivity contribution in [1.82, 2.24) is 0 Å². The summed E-state index contributed by atoms with van der Waals surface area (Å²) in [5, 5.41) is 0. The summed E-state index contributed by atoms with van der Waals surface area (Å²) in [5.41, 5.74) is 0.572. The average Bonchev–Trinajstić information content (AvgIpc) is 2.46. The number of aldehydes is 1. The Morgan fingerprint density at radius 3 is 3.00 bits per heavy atom. The first-order chi connectivity index (χ1) is 9.33. The van der Waals surface area contributed by atoms with E-state index in [0.29, 0.717) is 17.9 Å². The van der Waals surface area contributed by atoms with Crippen LogP contribution in [0.25, 0.3) is 0 Å². The van der Waals surface area contributed by atoms with Gasteiger partial charge in [0.2, 0.25) is 0 Å². The molecule has 1 aromatic carbocycles. The number of carbonyl (C=O) groups is 1. The van der Waals surface area contributed by atoms with Crippen molar-refractivity contribution in [2.75, 3.05) is 6.61 Å². The van der Waals surface area contributed by atoms with Gasteiger partial charge >= 0.3 is 0 Å². The molecular weight excluding hydrogens is 240 g/mol. The number of rotatable bonds is 6. The third kappa shape index (κ3) is 3.85. The fourth-order valence-corrected chi connectivity index (χ4v) is 2.07. The SMILES string of the molecule is CCCOc1ccc(C=O)c(OC2C=CCCC2)c1. The predicted molar refractivity (Wildman–Crippen MR) is 75.0 cm³/mol. The van der Waals surface area contributed by atoms with E-state index in [1.807, 2.05) is 12.1 Å². The second-order valence-corrected chi connectivity index (χ2v) is 4.68. The number of ether oxygens (including phenoxy) is 2. The molecule has 0 saturated carbocycles. The molecule has 3 heteroatoms. The largest absolute Gasteiger partial charge is 0.493 e. The molecule has 1 unspecified atom stereocenters. The molecule has 1 aliphatic rings. The zero-order valence-corrected chi connectivity index (χ0v) is 11.3. The van der Waals surface area contributed by atoms with Gasteiger partial charge in [-0.05, 0) is 43.9 Å². The summed E-state index contributed by atoms with van der Waals surface area (Å²) in [6.07, 6.45) is 9.28. The molecule has 0 saturated heterocycles. The summed E-state index contributed by atoms with van der Waals surface area (Å²) in [6, 6.07) is 5.37. The minimum atomic E-state index is 0.0638. The quantitative estimate of drug-likeness (QED) is 0.577. The summed E-state index contributed by atoms with van der Waals surface area (Å²) in [4.78, 5) is 11.1. The smallest absolute Gasteiger partial charge is 0.153 e. The standard InChI is InChI=1S/C16H20O3/c1-2-10-18-15-9-8-13(12-17)16(11-15)19-14-6-4-3-5-7-14/h4,6,8-9,11-12,14H,2-3,5,7,10H2,1H3. The van der Waals surface area contributed by atoms with Crippen LogP contribution in [0.5, 0.6) is 11.5 Å². The second kappa shape index (κ2) is 6.98. The Morgan fingerprint density at radius 1 is 1.42 bits per heavy atom. The predicted octanol–water partition coefficient (Wildman–Crippen LogP) is 3.78. The molecule has 102 valence electrons. The van der Waals surface area contributed by atoms with Crippen LogP contribution in [0.2, 0.25) is 0 Å². The normalized spacial score (nSPS) is 18.1. The van der Waals surface area contributed by atoms with Gasteiger partial charge in [-0.1, -0.05) is 13.0 Å². The van der Waals surface area contributed by atoms with Crippen molar-refractivity contribution in [2.45, 2.75) is 38.7 Å². The number of allylic oxidation sites excluding steroid dienone is 1. The molecule has 2 rings (SSSR count). The first-order valence-corrected chi connectivity index (χ1v) is 6.89. The molecule has 1 aliphatic carbocycles. The topological polar surface area (TPSA) is 35.5 Å². The van der Waals surface area contributed by atoms with Crippen LogP contribution in [-0.2, 0) is 0 Å². The van der Waals surface area contributed by atoms with Gasteiger partial charge in [-0.2, -0.15) is 0 Å². The van der Waals surface area contributed by atoms with E-state index in [1.165, 1.54) is 0 Å². The maximum absolute atomic E-state index is 11.1. The number of hydrogen-bond donors (Lipinski definition) is 0. The average molecular weight is 260 g/mol. The molecule has 0 amide bonds. The number of hydrogen-bond acceptors (Lipinski definition) is 3. The Hall–Kier alpha value is -1.77. The lowest BCUT2D eigenvalue weighted by molar-refractivity contribution is 0.111. The Kier molecular flexibility index (Phi) is 5.01. The number of benzene rings is 1. The number of carbonyl (C=O) groups excluding carboxylic acids is 1. The molecule has 0 fully saturated rings. The molecule has 3 nitrogen and oxygen atoms in total. The van der Waals surface area contributed by atoms with E-state index in [4.69, 9.17) is 9.47 Å². The van der Waals surface area contributed by atoms with Gasteiger partial charge in [-0.3, -0.25) is 4.79 Å². The van der Waals surface area contributed by atoms with Crippen molar-refractivity contribution in [1.29, 1.82) is 0 Å². The third-order valence-electron chi connectivity index (χ3n) is 3.07. The van der Waals surface area contributed by atoms with Crippen molar-refractivity contribution in [3.63, 3.8) is 0 Å². The molecule has 19 heavy (non-hydrogen) atoms. The molecule has 0 spiro atoms. The zero-order chi connectivity index (χ0) is 13.5. The second-order valence-electron chi connectivity index (χ2n) is 4.68. The van der Waals surface area contributed by atoms with Gasteiger partial charge in [0.1, 0.15) is 17.6 Å². The minimum absolute atomic E-state index is 0.0638. The molecule has 0 aliphatic heterocycles. The van der Waals surface area contributed by atoms with Gasteiger partial charge in [0.15, 0.2) is 6.29 Å². The van der Waals surface area contributed by atoms with Crippen LogP contribution in [0.15, 0.2) is 30.4 Å². The van der Waals surface area contributed by atoms with Crippen LogP contribution in [0.1, 0.15) is 43.0 Å². The van der Waals surface area contributed by atoms with Crippen molar-refractivity contribution in [3.8, 4) is 11.5 Å². The van der Waals surface area contributed by atoms with E-state index >= 15 is 0 Å². The lowest BCUT2D eigenvalue weighted by atomic mass is 10.1. The Balaban J connectivity index is 2.13. The first-order valence-electron chi connectivity index (χ1n) is 6.89. The molecule has 0 N–H and O–H groups in total. The fraction of sp³-hybridized carbons (Fsp3) is 0.438. The highest BCUT2D eigenvalue weighted by molar-refractivity contribution is 5.79. The zero-order valence-electron chi connectivity index (χ0n) is 11.3. The van der Waals surface area contributed by atoms with Crippen molar-refractivity contribution < 1.29 is 14.3 Å². The maximum atomic E-state index is 11.1. The van der Waals surface area contributed by atoms with Gasteiger partial charge in [0, 0.05) is 6.07 Å². The first kappa shape index (κ1) is 13.7. The molecule has 0 radical (unpaired) electrons. The lowest BCUT2D eigenvalue weighted by Gasteiger charge is -2.20. The minimum Gasteiger partial charge on any atom is -0.493 e. The highest BCUT2D eigenvalue weighted by atomic mass is 16.5. The van der Waals surface area contributed by atoms with Gasteiger partial charge in [-0.15, -0.1) is 0 Å². The molecular formula is C16H20O3. The van der Waals surface area contributed by atoms with E-state index in [0.717, 1.165) is 37.7 Å². The van der Waals surface area contributed by atoms with E-state index in [-0.39, 0.29) is 6.10 Å². The fourth-order valence-electron chi connectivity index (χ4n) is 2.07. The van der Waals surface area contributed by atoms with Crippen LogP contribution in [0.3, 0.4) is 0 Å². The van der Waals surface area contributed by atoms with E-state index < -0.39 is 0 Å². The Labute approximate surface area is 114 Å². The van der Waals surface area contributed by atoms with Crippen LogP contribution in [0.4, 0.5) is 0 Å². The van der Waals surface area contributed by atoms with E-state index in [1.54, 1.807) is 6.07 Å². The lowest BCUT2D eigenvalue weighted by Crippen LogP contribution is -2.16. The highest BCUT2D eigenvalue weighted by Gasteiger charge is 2.13. The summed E-state index contributed by atoms with van der Waals surface area (Å²) in [6.45, 7) is 2.73. The van der Waals surface area contributed by atoms with Crippen LogP contribution in [-0.4, -0.2) is 19.0 Å². The third-order valence-corrected chi connectivity index (χ3v) is 3.07. The van der Waals surface area contributed by atoms with E-state index in [2.05, 4.69) is 19.1 Å². The summed E-state index contributed by atoms with van der Waals surface area (Å²) in [5.74, 6) is 1.36. The van der Waals surface area contributed by atoms with Gasteiger partial charge in [0.25, 0.3) is 0 Å². The van der Waals surface area contributed by atoms with Crippen molar-refractivity contribution >= 4 is 6.29 Å². The molecule has 0 bridgehead atoms. The Bertz CT molecular complexity index is 451. The summed E-state index contributed by atoms with van der Waals surface area (Å²) < 4.78 is 11.5. The van der Waals surface area contributed by atoms with Gasteiger partial charge in [-0.25, -0.2) is 0 Å². The van der Waals surface area contributed by atoms with Crippen LogP contribution < -0.4 is 9.47 Å². The molecule has 1 atom stereocenters. The Morgan fingerprint density at radius 2 is 2.32 bits per heavy atom. The van der Waals surface area contributed by atoms with Crippen molar-refractivity contribution in [2.24, 2.45) is 0 Å². The molecule has 0 aromatic heterocycles. The summed E-state index contributed by atoms with van der Waals surface area (Å²) in [7, 11) is 0. The van der Waals surface area contributed by atoms with Crippen LogP contribution >= 0.6 is 0 Å². The van der Waals surface area contributed by atoms with Gasteiger partial charge in [0.05, 0.1) is 12.2 Å². The maximum Gasteiger partial charge on any atom is 0.153 e. The van der Waals surface area contributed by atoms with Gasteiger partial charge < -0.3 is 9.47 Å².